The first kappa shape index (κ1) is 14.7. The summed E-state index contributed by atoms with van der Waals surface area (Å²) in [6.45, 7) is -0.0590. The van der Waals surface area contributed by atoms with E-state index in [0.29, 0.717) is 10.4 Å². The van der Waals surface area contributed by atoms with Crippen LogP contribution in [0, 0.1) is 0 Å². The largest absolute Gasteiger partial charge is 0.378 e. The number of carbonyl (C=O) groups excluding carboxylic acids is 2. The Hall–Kier alpha value is -1.70. The highest BCUT2D eigenvalue weighted by molar-refractivity contribution is 7.10. The van der Waals surface area contributed by atoms with Crippen molar-refractivity contribution in [2.24, 2.45) is 0 Å². The molecular weight excluding hydrogens is 296 g/mol. The summed E-state index contributed by atoms with van der Waals surface area (Å²) >= 11 is 2.86. The topological polar surface area (TPSA) is 78.4 Å². The molecule has 2 amide bonds. The van der Waals surface area contributed by atoms with Crippen LogP contribution >= 0.6 is 22.7 Å². The van der Waals surface area contributed by atoms with E-state index >= 15 is 0 Å². The third kappa shape index (κ3) is 2.90. The molecule has 20 heavy (non-hydrogen) atoms. The second-order valence-corrected chi connectivity index (χ2v) is 5.84. The van der Waals surface area contributed by atoms with Crippen LogP contribution < -0.4 is 10.6 Å². The predicted octanol–water partition coefficient (Wildman–Crippen LogP) is 0.908. The molecule has 2 aromatic heterocycles. The zero-order valence-electron chi connectivity index (χ0n) is 10.8. The van der Waals surface area contributed by atoms with E-state index in [1.54, 1.807) is 12.1 Å². The minimum atomic E-state index is -1.32. The molecule has 0 aliphatic heterocycles. The number of thiophene rings is 2. The van der Waals surface area contributed by atoms with Crippen LogP contribution in [0.15, 0.2) is 34.3 Å². The van der Waals surface area contributed by atoms with E-state index in [9.17, 15) is 14.7 Å². The van der Waals surface area contributed by atoms with Gasteiger partial charge in [0.15, 0.2) is 0 Å². The molecule has 1 unspecified atom stereocenters. The van der Waals surface area contributed by atoms with Crippen LogP contribution in [0.3, 0.4) is 0 Å². The second-order valence-electron chi connectivity index (χ2n) is 4.11. The third-order valence-electron chi connectivity index (χ3n) is 2.87. The van der Waals surface area contributed by atoms with Gasteiger partial charge in [-0.15, -0.1) is 11.3 Å². The van der Waals surface area contributed by atoms with Gasteiger partial charge in [0.05, 0.1) is 6.54 Å². The monoisotopic (exact) mass is 310 g/mol. The lowest BCUT2D eigenvalue weighted by Crippen LogP contribution is -2.45. The van der Waals surface area contributed by atoms with Gasteiger partial charge in [-0.05, 0) is 28.3 Å². The molecule has 0 bridgehead atoms. The molecule has 0 saturated carbocycles. The fraction of sp³-hybridized carbons (Fsp3) is 0.231. The maximum atomic E-state index is 11.5. The first-order chi connectivity index (χ1) is 9.58. The average molecular weight is 310 g/mol. The number of amides is 2. The van der Waals surface area contributed by atoms with Crippen molar-refractivity contribution >= 4 is 34.5 Å². The van der Waals surface area contributed by atoms with Crippen LogP contribution in [-0.4, -0.2) is 30.5 Å². The predicted molar refractivity (Wildman–Crippen MR) is 78.7 cm³/mol. The van der Waals surface area contributed by atoms with E-state index in [1.165, 1.54) is 29.7 Å². The van der Waals surface area contributed by atoms with Crippen molar-refractivity contribution in [1.82, 2.24) is 10.6 Å². The number of nitrogens with one attached hydrogen (secondary N) is 2. The molecule has 5 nitrogen and oxygen atoms in total. The molecule has 0 aromatic carbocycles. The third-order valence-corrected chi connectivity index (χ3v) is 4.57. The number of carbonyl (C=O) groups is 2. The summed E-state index contributed by atoms with van der Waals surface area (Å²) in [5.41, 5.74) is -0.625. The molecule has 1 atom stereocenters. The SMILES string of the molecule is CNC(=O)C(=O)NCC(O)(c1ccsc1)c1cccs1. The van der Waals surface area contributed by atoms with Gasteiger partial charge in [0.1, 0.15) is 5.60 Å². The molecule has 2 aromatic rings. The highest BCUT2D eigenvalue weighted by atomic mass is 32.1. The van der Waals surface area contributed by atoms with E-state index in [2.05, 4.69) is 10.6 Å². The Kier molecular flexibility index (Phi) is 4.53. The second kappa shape index (κ2) is 6.17. The van der Waals surface area contributed by atoms with Crippen LogP contribution in [0.25, 0.3) is 0 Å². The van der Waals surface area contributed by atoms with Crippen LogP contribution in [0.2, 0.25) is 0 Å². The van der Waals surface area contributed by atoms with Crippen molar-refractivity contribution in [3.8, 4) is 0 Å². The highest BCUT2D eigenvalue weighted by Gasteiger charge is 2.34. The molecule has 2 rings (SSSR count). The van der Waals surface area contributed by atoms with Gasteiger partial charge in [-0.3, -0.25) is 9.59 Å². The van der Waals surface area contributed by atoms with Gasteiger partial charge in [0, 0.05) is 17.5 Å². The number of hydrogen-bond donors (Lipinski definition) is 3. The molecule has 3 N–H and O–H groups in total. The van der Waals surface area contributed by atoms with Crippen molar-refractivity contribution in [3.63, 3.8) is 0 Å². The summed E-state index contributed by atoms with van der Waals surface area (Å²) in [6, 6.07) is 5.43. The van der Waals surface area contributed by atoms with E-state index in [-0.39, 0.29) is 6.54 Å². The Morgan fingerprint density at radius 1 is 1.30 bits per heavy atom. The van der Waals surface area contributed by atoms with Gasteiger partial charge >= 0.3 is 11.8 Å². The van der Waals surface area contributed by atoms with Crippen molar-refractivity contribution < 1.29 is 14.7 Å². The van der Waals surface area contributed by atoms with Crippen LogP contribution in [0.4, 0.5) is 0 Å². The van der Waals surface area contributed by atoms with Gasteiger partial charge in [-0.1, -0.05) is 6.07 Å². The summed E-state index contributed by atoms with van der Waals surface area (Å²) in [5.74, 6) is -1.50. The summed E-state index contributed by atoms with van der Waals surface area (Å²) in [5, 5.41) is 21.1. The van der Waals surface area contributed by atoms with Gasteiger partial charge in [0.25, 0.3) is 0 Å². The quantitative estimate of drug-likeness (QED) is 0.735. The zero-order valence-corrected chi connectivity index (χ0v) is 12.4. The molecule has 0 fully saturated rings. The van der Waals surface area contributed by atoms with Crippen LogP contribution in [0.1, 0.15) is 10.4 Å². The normalized spacial score (nSPS) is 13.5. The van der Waals surface area contributed by atoms with Crippen molar-refractivity contribution in [3.05, 3.63) is 44.8 Å². The van der Waals surface area contributed by atoms with Crippen LogP contribution in [0.5, 0.6) is 0 Å². The lowest BCUT2D eigenvalue weighted by atomic mass is 9.94. The van der Waals surface area contributed by atoms with Crippen molar-refractivity contribution in [2.45, 2.75) is 5.60 Å². The summed E-state index contributed by atoms with van der Waals surface area (Å²) in [7, 11) is 1.38. The van der Waals surface area contributed by atoms with E-state index in [4.69, 9.17) is 0 Å². The van der Waals surface area contributed by atoms with Crippen molar-refractivity contribution in [1.29, 1.82) is 0 Å². The minimum absolute atomic E-state index is 0.0590. The molecule has 0 aliphatic carbocycles. The highest BCUT2D eigenvalue weighted by Crippen LogP contribution is 2.33. The molecule has 2 heterocycles. The van der Waals surface area contributed by atoms with Crippen molar-refractivity contribution in [2.75, 3.05) is 13.6 Å². The fourth-order valence-corrected chi connectivity index (χ4v) is 3.32. The average Bonchev–Trinajstić information content (AvgIpc) is 3.15. The van der Waals surface area contributed by atoms with Gasteiger partial charge in [0.2, 0.25) is 0 Å². The Morgan fingerprint density at radius 2 is 2.10 bits per heavy atom. The van der Waals surface area contributed by atoms with Gasteiger partial charge in [-0.2, -0.15) is 11.3 Å². The van der Waals surface area contributed by atoms with E-state index < -0.39 is 17.4 Å². The summed E-state index contributed by atoms with van der Waals surface area (Å²) < 4.78 is 0. The number of rotatable bonds is 4. The standard InChI is InChI=1S/C13H14N2O3S2/c1-14-11(16)12(17)15-8-13(18,9-4-6-19-7-9)10-3-2-5-20-10/h2-7,18H,8H2,1H3,(H,14,16)(H,15,17). The Labute approximate surface area is 124 Å². The number of aliphatic hydroxyl groups is 1. The molecule has 0 saturated heterocycles. The Bertz CT molecular complexity index is 545. The molecular formula is C13H14N2O3S2. The molecule has 0 spiro atoms. The Morgan fingerprint density at radius 3 is 2.65 bits per heavy atom. The first-order valence-electron chi connectivity index (χ1n) is 5.87. The molecule has 0 aliphatic rings. The van der Waals surface area contributed by atoms with E-state index in [1.807, 2.05) is 22.2 Å². The number of hydrogen-bond acceptors (Lipinski definition) is 5. The Balaban J connectivity index is 2.21. The van der Waals surface area contributed by atoms with Gasteiger partial charge in [-0.25, -0.2) is 0 Å². The fourth-order valence-electron chi connectivity index (χ4n) is 1.75. The maximum absolute atomic E-state index is 11.5. The maximum Gasteiger partial charge on any atom is 0.309 e. The lowest BCUT2D eigenvalue weighted by molar-refractivity contribution is -0.139. The number of likely N-dealkylation sites (N-methyl/N-ethyl adjacent to an activating group) is 1. The first-order valence-corrected chi connectivity index (χ1v) is 7.69. The smallest absolute Gasteiger partial charge is 0.309 e. The van der Waals surface area contributed by atoms with E-state index in [0.717, 1.165) is 0 Å². The molecule has 0 radical (unpaired) electrons. The zero-order chi connectivity index (χ0) is 14.6. The summed E-state index contributed by atoms with van der Waals surface area (Å²) in [4.78, 5) is 23.4. The lowest BCUT2D eigenvalue weighted by Gasteiger charge is -2.26. The molecule has 7 heteroatoms. The minimum Gasteiger partial charge on any atom is -0.378 e. The summed E-state index contributed by atoms with van der Waals surface area (Å²) in [6.07, 6.45) is 0. The van der Waals surface area contributed by atoms with Crippen LogP contribution in [-0.2, 0) is 15.2 Å². The molecule has 106 valence electrons. The van der Waals surface area contributed by atoms with Gasteiger partial charge < -0.3 is 15.7 Å².